The van der Waals surface area contributed by atoms with Crippen LogP contribution in [0.2, 0.25) is 0 Å². The van der Waals surface area contributed by atoms with Gasteiger partial charge in [0, 0.05) is 31.6 Å². The Kier molecular flexibility index (Phi) is 6.30. The molecule has 6 nitrogen and oxygen atoms in total. The molecule has 1 aromatic heterocycles. The van der Waals surface area contributed by atoms with Gasteiger partial charge in [0.15, 0.2) is 0 Å². The highest BCUT2D eigenvalue weighted by atomic mass is 16.5. The fourth-order valence-electron chi connectivity index (χ4n) is 3.44. The van der Waals surface area contributed by atoms with E-state index in [0.29, 0.717) is 5.92 Å². The minimum atomic E-state index is -0.920. The number of benzene rings is 1. The molecule has 1 aliphatic rings. The summed E-state index contributed by atoms with van der Waals surface area (Å²) in [6.45, 7) is 3.97. The van der Waals surface area contributed by atoms with Crippen molar-refractivity contribution in [1.82, 2.24) is 14.9 Å². The van der Waals surface area contributed by atoms with Crippen LogP contribution in [0, 0.1) is 5.92 Å². The lowest BCUT2D eigenvalue weighted by Gasteiger charge is -2.31. The molecule has 3 rings (SSSR count). The third-order valence-corrected chi connectivity index (χ3v) is 4.98. The normalized spacial score (nSPS) is 15.9. The van der Waals surface area contributed by atoms with Gasteiger partial charge in [0.05, 0.1) is 23.6 Å². The summed E-state index contributed by atoms with van der Waals surface area (Å²) >= 11 is 0. The average molecular weight is 355 g/mol. The van der Waals surface area contributed by atoms with Gasteiger partial charge in [-0.05, 0) is 50.4 Å². The predicted octanol–water partition coefficient (Wildman–Crippen LogP) is 2.74. The maximum absolute atomic E-state index is 11.0. The van der Waals surface area contributed by atoms with Gasteiger partial charge in [-0.15, -0.1) is 0 Å². The quantitative estimate of drug-likeness (QED) is 0.823. The number of piperidine rings is 1. The highest BCUT2D eigenvalue weighted by Gasteiger charge is 2.21. The molecular formula is C20H25N3O3. The molecule has 6 heteroatoms. The van der Waals surface area contributed by atoms with Crippen LogP contribution in [-0.4, -0.2) is 59.3 Å². The topological polar surface area (TPSA) is 75.5 Å². The van der Waals surface area contributed by atoms with E-state index >= 15 is 0 Å². The van der Waals surface area contributed by atoms with Crippen LogP contribution in [0.1, 0.15) is 28.9 Å². The van der Waals surface area contributed by atoms with Crippen LogP contribution in [0.15, 0.2) is 36.7 Å². The van der Waals surface area contributed by atoms with Crippen LogP contribution in [0.5, 0.6) is 0 Å². The molecule has 0 spiro atoms. The highest BCUT2D eigenvalue weighted by molar-refractivity contribution is 5.88. The van der Waals surface area contributed by atoms with E-state index in [1.165, 1.54) is 0 Å². The first-order valence-corrected chi connectivity index (χ1v) is 9.02. The van der Waals surface area contributed by atoms with E-state index in [0.717, 1.165) is 62.5 Å². The molecule has 0 amide bonds. The molecule has 1 aromatic carbocycles. The molecule has 26 heavy (non-hydrogen) atoms. The standard InChI is InChI=1S/C20H25N3O3/c1-26-13-12-23-10-6-15(7-11-23)14-18-19(22-9-8-21-18)16-2-4-17(5-3-16)20(24)25/h2-5,8-9,15H,6-7,10-14H2,1H3,(H,24,25). The summed E-state index contributed by atoms with van der Waals surface area (Å²) in [5.41, 5.74) is 3.04. The van der Waals surface area contributed by atoms with Gasteiger partial charge < -0.3 is 14.7 Å². The maximum atomic E-state index is 11.0. The Morgan fingerprint density at radius 2 is 1.88 bits per heavy atom. The summed E-state index contributed by atoms with van der Waals surface area (Å²) in [4.78, 5) is 22.5. The molecule has 2 heterocycles. The number of aromatic nitrogens is 2. The monoisotopic (exact) mass is 355 g/mol. The average Bonchev–Trinajstić information content (AvgIpc) is 2.68. The smallest absolute Gasteiger partial charge is 0.335 e. The number of carboxylic acid groups (broad SMARTS) is 1. The second kappa shape index (κ2) is 8.87. The first-order valence-electron chi connectivity index (χ1n) is 9.02. The first-order chi connectivity index (χ1) is 12.7. The molecule has 138 valence electrons. The number of carbonyl (C=O) groups is 1. The molecule has 0 unspecified atom stereocenters. The predicted molar refractivity (Wildman–Crippen MR) is 99.2 cm³/mol. The lowest BCUT2D eigenvalue weighted by Crippen LogP contribution is -2.36. The zero-order valence-electron chi connectivity index (χ0n) is 15.1. The molecule has 1 saturated heterocycles. The van der Waals surface area contributed by atoms with Crippen molar-refractivity contribution < 1.29 is 14.6 Å². The Hall–Kier alpha value is -2.31. The summed E-state index contributed by atoms with van der Waals surface area (Å²) in [7, 11) is 1.74. The molecule has 0 radical (unpaired) electrons. The number of likely N-dealkylation sites (tertiary alicyclic amines) is 1. The molecule has 1 N–H and O–H groups in total. The minimum Gasteiger partial charge on any atom is -0.478 e. The van der Waals surface area contributed by atoms with Gasteiger partial charge in [-0.25, -0.2) is 4.79 Å². The summed E-state index contributed by atoms with van der Waals surface area (Å²) in [5, 5.41) is 9.05. The van der Waals surface area contributed by atoms with Crippen molar-refractivity contribution in [3.8, 4) is 11.3 Å². The van der Waals surface area contributed by atoms with Crippen molar-refractivity contribution in [2.24, 2.45) is 5.92 Å². The van der Waals surface area contributed by atoms with Crippen molar-refractivity contribution in [3.63, 3.8) is 0 Å². The molecule has 0 bridgehead atoms. The fraction of sp³-hybridized carbons (Fsp3) is 0.450. The van der Waals surface area contributed by atoms with E-state index in [4.69, 9.17) is 9.84 Å². The summed E-state index contributed by atoms with van der Waals surface area (Å²) in [6.07, 6.45) is 6.63. The van der Waals surface area contributed by atoms with Gasteiger partial charge in [-0.3, -0.25) is 9.97 Å². The van der Waals surface area contributed by atoms with Crippen molar-refractivity contribution in [1.29, 1.82) is 0 Å². The van der Waals surface area contributed by atoms with E-state index in [9.17, 15) is 4.79 Å². The van der Waals surface area contributed by atoms with Crippen molar-refractivity contribution in [2.45, 2.75) is 19.3 Å². The van der Waals surface area contributed by atoms with Crippen LogP contribution in [0.25, 0.3) is 11.3 Å². The third-order valence-electron chi connectivity index (χ3n) is 4.98. The van der Waals surface area contributed by atoms with Crippen molar-refractivity contribution >= 4 is 5.97 Å². The van der Waals surface area contributed by atoms with E-state index in [2.05, 4.69) is 14.9 Å². The Bertz CT molecular complexity index is 725. The third kappa shape index (κ3) is 4.65. The maximum Gasteiger partial charge on any atom is 0.335 e. The molecule has 0 atom stereocenters. The fourth-order valence-corrected chi connectivity index (χ4v) is 3.44. The Morgan fingerprint density at radius 3 is 2.54 bits per heavy atom. The number of aromatic carboxylic acids is 1. The van der Waals surface area contributed by atoms with Crippen LogP contribution in [-0.2, 0) is 11.2 Å². The summed E-state index contributed by atoms with van der Waals surface area (Å²) < 4.78 is 5.16. The number of hydrogen-bond acceptors (Lipinski definition) is 5. The first kappa shape index (κ1) is 18.5. The number of nitrogens with zero attached hydrogens (tertiary/aromatic N) is 3. The lowest BCUT2D eigenvalue weighted by molar-refractivity contribution is 0.0697. The Morgan fingerprint density at radius 1 is 1.19 bits per heavy atom. The Labute approximate surface area is 153 Å². The number of hydrogen-bond donors (Lipinski definition) is 1. The number of carboxylic acids is 1. The van der Waals surface area contributed by atoms with E-state index < -0.39 is 5.97 Å². The van der Waals surface area contributed by atoms with Crippen molar-refractivity contribution in [2.75, 3.05) is 33.4 Å². The van der Waals surface area contributed by atoms with Gasteiger partial charge in [0.25, 0.3) is 0 Å². The zero-order valence-corrected chi connectivity index (χ0v) is 15.1. The highest BCUT2D eigenvalue weighted by Crippen LogP contribution is 2.26. The summed E-state index contributed by atoms with van der Waals surface area (Å²) in [6, 6.07) is 6.85. The largest absolute Gasteiger partial charge is 0.478 e. The molecule has 1 fully saturated rings. The van der Waals surface area contributed by atoms with E-state index in [1.807, 2.05) is 12.1 Å². The molecule has 0 saturated carbocycles. The van der Waals surface area contributed by atoms with Crippen LogP contribution >= 0.6 is 0 Å². The number of methoxy groups -OCH3 is 1. The number of ether oxygens (including phenoxy) is 1. The lowest BCUT2D eigenvalue weighted by atomic mass is 9.90. The molecule has 1 aliphatic heterocycles. The second-order valence-electron chi connectivity index (χ2n) is 6.72. The number of rotatable bonds is 7. The Balaban J connectivity index is 1.67. The van der Waals surface area contributed by atoms with Crippen LogP contribution < -0.4 is 0 Å². The van der Waals surface area contributed by atoms with Gasteiger partial charge in [0.2, 0.25) is 0 Å². The minimum absolute atomic E-state index is 0.280. The van der Waals surface area contributed by atoms with Crippen LogP contribution in [0.4, 0.5) is 0 Å². The van der Waals surface area contributed by atoms with Gasteiger partial charge in [-0.2, -0.15) is 0 Å². The van der Waals surface area contributed by atoms with Crippen LogP contribution in [0.3, 0.4) is 0 Å². The molecule has 0 aliphatic carbocycles. The van der Waals surface area contributed by atoms with Gasteiger partial charge in [0.1, 0.15) is 0 Å². The SMILES string of the molecule is COCCN1CCC(Cc2nccnc2-c2ccc(C(=O)O)cc2)CC1. The van der Waals surface area contributed by atoms with Gasteiger partial charge >= 0.3 is 5.97 Å². The molecule has 2 aromatic rings. The second-order valence-corrected chi connectivity index (χ2v) is 6.72. The molecular weight excluding hydrogens is 330 g/mol. The van der Waals surface area contributed by atoms with E-state index in [-0.39, 0.29) is 5.56 Å². The summed E-state index contributed by atoms with van der Waals surface area (Å²) in [5.74, 6) is -0.321. The van der Waals surface area contributed by atoms with E-state index in [1.54, 1.807) is 31.6 Å². The zero-order chi connectivity index (χ0) is 18.4. The van der Waals surface area contributed by atoms with Gasteiger partial charge in [-0.1, -0.05) is 12.1 Å². The van der Waals surface area contributed by atoms with Crippen molar-refractivity contribution in [3.05, 3.63) is 47.9 Å².